The van der Waals surface area contributed by atoms with Crippen molar-refractivity contribution >= 4 is 54.6 Å². The first kappa shape index (κ1) is 27.2. The zero-order chi connectivity index (χ0) is 27.5. The molecule has 0 saturated carbocycles. The Kier molecular flexibility index (Phi) is 7.77. The number of amides is 1. The van der Waals surface area contributed by atoms with E-state index in [0.29, 0.717) is 16.9 Å². The standard InChI is InChI=1S/C27H24ClN3O5S2/c1-18-7-11-22(12-8-18)30-38(35,36)26-17-20(10-9-19(26)2)27(32)29-21-13-15-23(16-14-21)37(33,34)31-25-6-4-3-5-24(25)28/h3-17,30-31H,1-2H3,(H,29,32). The Bertz CT molecular complexity index is 1700. The number of hydrogen-bond acceptors (Lipinski definition) is 5. The molecule has 0 aliphatic carbocycles. The lowest BCUT2D eigenvalue weighted by atomic mass is 10.1. The van der Waals surface area contributed by atoms with Gasteiger partial charge in [-0.25, -0.2) is 16.8 Å². The fourth-order valence-electron chi connectivity index (χ4n) is 3.53. The minimum Gasteiger partial charge on any atom is -0.322 e. The van der Waals surface area contributed by atoms with Crippen LogP contribution >= 0.6 is 11.6 Å². The van der Waals surface area contributed by atoms with E-state index < -0.39 is 26.0 Å². The van der Waals surface area contributed by atoms with Gasteiger partial charge in [0.1, 0.15) is 0 Å². The molecule has 0 fully saturated rings. The topological polar surface area (TPSA) is 121 Å². The maximum Gasteiger partial charge on any atom is 0.262 e. The summed E-state index contributed by atoms with van der Waals surface area (Å²) in [6.07, 6.45) is 0. The van der Waals surface area contributed by atoms with Gasteiger partial charge in [-0.1, -0.05) is 47.5 Å². The number of anilines is 3. The molecular weight excluding hydrogens is 546 g/mol. The Labute approximate surface area is 226 Å². The summed E-state index contributed by atoms with van der Waals surface area (Å²) in [6.45, 7) is 3.54. The lowest BCUT2D eigenvalue weighted by Gasteiger charge is -2.13. The molecule has 0 spiro atoms. The van der Waals surface area contributed by atoms with Gasteiger partial charge in [-0.05, 0) is 80.1 Å². The molecule has 0 bridgehead atoms. The van der Waals surface area contributed by atoms with E-state index >= 15 is 0 Å². The second kappa shape index (κ2) is 10.9. The van der Waals surface area contributed by atoms with Crippen LogP contribution < -0.4 is 14.8 Å². The third-order valence-corrected chi connectivity index (χ3v) is 8.82. The van der Waals surface area contributed by atoms with Crippen molar-refractivity contribution in [3.63, 3.8) is 0 Å². The second-order valence-corrected chi connectivity index (χ2v) is 12.3. The minimum absolute atomic E-state index is 0.0266. The Morgan fingerprint density at radius 2 is 1.34 bits per heavy atom. The molecule has 4 aromatic carbocycles. The first-order chi connectivity index (χ1) is 17.9. The van der Waals surface area contributed by atoms with E-state index in [0.717, 1.165) is 5.56 Å². The minimum atomic E-state index is -3.95. The van der Waals surface area contributed by atoms with E-state index in [1.807, 2.05) is 6.92 Å². The molecule has 0 aliphatic heterocycles. The number of rotatable bonds is 8. The van der Waals surface area contributed by atoms with Crippen LogP contribution in [-0.4, -0.2) is 22.7 Å². The van der Waals surface area contributed by atoms with E-state index in [4.69, 9.17) is 11.6 Å². The number of halogens is 1. The molecule has 196 valence electrons. The average molecular weight is 570 g/mol. The SMILES string of the molecule is Cc1ccc(NS(=O)(=O)c2cc(C(=O)Nc3ccc(S(=O)(=O)Nc4ccccc4Cl)cc3)ccc2C)cc1. The molecule has 0 radical (unpaired) electrons. The van der Waals surface area contributed by atoms with Crippen LogP contribution in [0.5, 0.6) is 0 Å². The predicted molar refractivity (Wildman–Crippen MR) is 150 cm³/mol. The summed E-state index contributed by atoms with van der Waals surface area (Å²) in [7, 11) is -7.86. The third kappa shape index (κ3) is 6.34. The molecule has 4 rings (SSSR count). The van der Waals surface area contributed by atoms with Crippen molar-refractivity contribution in [2.45, 2.75) is 23.6 Å². The first-order valence-corrected chi connectivity index (χ1v) is 14.7. The van der Waals surface area contributed by atoms with Gasteiger partial charge in [-0.2, -0.15) is 0 Å². The van der Waals surface area contributed by atoms with Gasteiger partial charge in [0.2, 0.25) is 0 Å². The van der Waals surface area contributed by atoms with Crippen molar-refractivity contribution in [3.05, 3.63) is 113 Å². The maximum absolute atomic E-state index is 13.0. The number of sulfonamides is 2. The predicted octanol–water partition coefficient (Wildman–Crippen LogP) is 5.81. The first-order valence-electron chi connectivity index (χ1n) is 11.3. The molecule has 0 aromatic heterocycles. The molecule has 0 aliphatic rings. The number of para-hydroxylation sites is 1. The zero-order valence-corrected chi connectivity index (χ0v) is 22.8. The van der Waals surface area contributed by atoms with Crippen LogP contribution in [0.1, 0.15) is 21.5 Å². The summed E-state index contributed by atoms with van der Waals surface area (Å²) >= 11 is 6.04. The molecule has 4 aromatic rings. The van der Waals surface area contributed by atoms with E-state index in [1.54, 1.807) is 61.5 Å². The number of carbonyl (C=O) groups excluding carboxylic acids is 1. The highest BCUT2D eigenvalue weighted by molar-refractivity contribution is 7.93. The van der Waals surface area contributed by atoms with Crippen molar-refractivity contribution in [1.29, 1.82) is 0 Å². The molecule has 0 atom stereocenters. The molecular formula is C27H24ClN3O5S2. The fourth-order valence-corrected chi connectivity index (χ4v) is 6.18. The largest absolute Gasteiger partial charge is 0.322 e. The van der Waals surface area contributed by atoms with Crippen LogP contribution in [0.3, 0.4) is 0 Å². The molecule has 38 heavy (non-hydrogen) atoms. The molecule has 0 heterocycles. The highest BCUT2D eigenvalue weighted by Crippen LogP contribution is 2.25. The monoisotopic (exact) mass is 569 g/mol. The summed E-state index contributed by atoms with van der Waals surface area (Å²) in [5.74, 6) is -0.554. The third-order valence-electron chi connectivity index (χ3n) is 5.58. The van der Waals surface area contributed by atoms with Gasteiger partial charge in [-0.3, -0.25) is 14.2 Å². The lowest BCUT2D eigenvalue weighted by molar-refractivity contribution is 0.102. The lowest BCUT2D eigenvalue weighted by Crippen LogP contribution is -2.17. The smallest absolute Gasteiger partial charge is 0.262 e. The number of aryl methyl sites for hydroxylation is 2. The van der Waals surface area contributed by atoms with Gasteiger partial charge in [-0.15, -0.1) is 0 Å². The Balaban J connectivity index is 1.50. The summed E-state index contributed by atoms with van der Waals surface area (Å²) in [4.78, 5) is 12.8. The Morgan fingerprint density at radius 3 is 2.00 bits per heavy atom. The summed E-state index contributed by atoms with van der Waals surface area (Å²) in [6, 6.07) is 23.3. The molecule has 8 nitrogen and oxygen atoms in total. The van der Waals surface area contributed by atoms with Crippen LogP contribution in [-0.2, 0) is 20.0 Å². The van der Waals surface area contributed by atoms with Gasteiger partial charge in [0, 0.05) is 16.9 Å². The van der Waals surface area contributed by atoms with Crippen LogP contribution in [0.2, 0.25) is 5.02 Å². The van der Waals surface area contributed by atoms with E-state index in [9.17, 15) is 21.6 Å². The van der Waals surface area contributed by atoms with Gasteiger partial charge < -0.3 is 5.32 Å². The highest BCUT2D eigenvalue weighted by atomic mass is 35.5. The molecule has 3 N–H and O–H groups in total. The molecule has 0 saturated heterocycles. The highest BCUT2D eigenvalue weighted by Gasteiger charge is 2.20. The van der Waals surface area contributed by atoms with Gasteiger partial charge in [0.05, 0.1) is 20.5 Å². The molecule has 1 amide bonds. The summed E-state index contributed by atoms with van der Waals surface area (Å²) < 4.78 is 56.4. The number of benzene rings is 4. The Morgan fingerprint density at radius 1 is 0.711 bits per heavy atom. The second-order valence-electron chi connectivity index (χ2n) is 8.52. The van der Waals surface area contributed by atoms with Gasteiger partial charge >= 0.3 is 0 Å². The quantitative estimate of drug-likeness (QED) is 0.247. The zero-order valence-electron chi connectivity index (χ0n) is 20.4. The fraction of sp³-hybridized carbons (Fsp3) is 0.0741. The van der Waals surface area contributed by atoms with Gasteiger partial charge in [0.15, 0.2) is 0 Å². The van der Waals surface area contributed by atoms with Crippen LogP contribution in [0.15, 0.2) is 101 Å². The van der Waals surface area contributed by atoms with Crippen molar-refractivity contribution < 1.29 is 21.6 Å². The molecule has 11 heteroatoms. The number of carbonyl (C=O) groups is 1. The van der Waals surface area contributed by atoms with Crippen molar-refractivity contribution in [3.8, 4) is 0 Å². The van der Waals surface area contributed by atoms with Crippen LogP contribution in [0, 0.1) is 13.8 Å². The van der Waals surface area contributed by atoms with E-state index in [2.05, 4.69) is 14.8 Å². The van der Waals surface area contributed by atoms with E-state index in [-0.39, 0.29) is 26.1 Å². The molecule has 0 unspecified atom stereocenters. The number of nitrogens with one attached hydrogen (secondary N) is 3. The van der Waals surface area contributed by atoms with Crippen molar-refractivity contribution in [2.75, 3.05) is 14.8 Å². The average Bonchev–Trinajstić information content (AvgIpc) is 2.87. The maximum atomic E-state index is 13.0. The number of hydrogen-bond donors (Lipinski definition) is 3. The normalized spacial score (nSPS) is 11.6. The van der Waals surface area contributed by atoms with Crippen LogP contribution in [0.25, 0.3) is 0 Å². The summed E-state index contributed by atoms with van der Waals surface area (Å²) in [5.41, 5.74) is 2.57. The Hall–Kier alpha value is -3.86. The van der Waals surface area contributed by atoms with Crippen molar-refractivity contribution in [2.24, 2.45) is 0 Å². The summed E-state index contributed by atoms with van der Waals surface area (Å²) in [5, 5.41) is 2.92. The van der Waals surface area contributed by atoms with Gasteiger partial charge in [0.25, 0.3) is 26.0 Å². The van der Waals surface area contributed by atoms with E-state index in [1.165, 1.54) is 36.4 Å². The van der Waals surface area contributed by atoms with Crippen LogP contribution in [0.4, 0.5) is 17.1 Å². The van der Waals surface area contributed by atoms with Crippen molar-refractivity contribution in [1.82, 2.24) is 0 Å².